The summed E-state index contributed by atoms with van der Waals surface area (Å²) in [6.45, 7) is 5.90. The SMILES string of the molecule is CCCC(CCC)C1(CC)C(=O)NC(=O)NC1=O. The highest BCUT2D eigenvalue weighted by atomic mass is 16.2. The molecule has 1 fully saturated rings. The Morgan fingerprint density at radius 1 is 0.944 bits per heavy atom. The number of amides is 4. The van der Waals surface area contributed by atoms with Crippen molar-refractivity contribution in [2.24, 2.45) is 11.3 Å². The molecule has 0 atom stereocenters. The van der Waals surface area contributed by atoms with Crippen LogP contribution in [0.25, 0.3) is 0 Å². The van der Waals surface area contributed by atoms with Gasteiger partial charge in [-0.05, 0) is 25.2 Å². The van der Waals surface area contributed by atoms with Gasteiger partial charge in [0.05, 0.1) is 0 Å². The molecule has 1 aliphatic heterocycles. The second-order valence-electron chi connectivity index (χ2n) is 4.84. The maximum absolute atomic E-state index is 12.2. The van der Waals surface area contributed by atoms with Crippen molar-refractivity contribution in [1.29, 1.82) is 0 Å². The van der Waals surface area contributed by atoms with Crippen LogP contribution in [-0.2, 0) is 9.59 Å². The van der Waals surface area contributed by atoms with Crippen LogP contribution in [-0.4, -0.2) is 17.8 Å². The van der Waals surface area contributed by atoms with Crippen LogP contribution in [0.2, 0.25) is 0 Å². The van der Waals surface area contributed by atoms with Gasteiger partial charge in [-0.25, -0.2) is 4.79 Å². The number of hydrogen-bond acceptors (Lipinski definition) is 3. The monoisotopic (exact) mass is 254 g/mol. The zero-order chi connectivity index (χ0) is 13.8. The lowest BCUT2D eigenvalue weighted by Gasteiger charge is -2.39. The van der Waals surface area contributed by atoms with Crippen molar-refractivity contribution in [1.82, 2.24) is 10.6 Å². The van der Waals surface area contributed by atoms with E-state index in [0.29, 0.717) is 6.42 Å². The Bertz CT molecular complexity index is 326. The molecule has 1 saturated heterocycles. The van der Waals surface area contributed by atoms with E-state index in [4.69, 9.17) is 0 Å². The first-order chi connectivity index (χ1) is 8.52. The van der Waals surface area contributed by atoms with E-state index in [1.54, 1.807) is 0 Å². The zero-order valence-electron chi connectivity index (χ0n) is 11.3. The highest BCUT2D eigenvalue weighted by molar-refractivity contribution is 6.19. The van der Waals surface area contributed by atoms with Crippen molar-refractivity contribution in [3.8, 4) is 0 Å². The molecule has 102 valence electrons. The van der Waals surface area contributed by atoms with Crippen LogP contribution in [0, 0.1) is 11.3 Å². The molecule has 0 saturated carbocycles. The number of carbonyl (C=O) groups is 3. The first-order valence-corrected chi connectivity index (χ1v) is 6.69. The Labute approximate surface area is 108 Å². The highest BCUT2D eigenvalue weighted by Gasteiger charge is 2.53. The predicted molar refractivity (Wildman–Crippen MR) is 67.7 cm³/mol. The van der Waals surface area contributed by atoms with Crippen LogP contribution >= 0.6 is 0 Å². The van der Waals surface area contributed by atoms with E-state index in [1.165, 1.54) is 0 Å². The minimum absolute atomic E-state index is 0.00870. The van der Waals surface area contributed by atoms with Gasteiger partial charge in [-0.3, -0.25) is 20.2 Å². The average Bonchev–Trinajstić information content (AvgIpc) is 2.29. The molecule has 0 aromatic heterocycles. The summed E-state index contributed by atoms with van der Waals surface area (Å²) in [7, 11) is 0. The number of carbonyl (C=O) groups excluding carboxylic acids is 3. The molecule has 0 aromatic rings. The maximum Gasteiger partial charge on any atom is 0.328 e. The Balaban J connectivity index is 3.10. The molecule has 5 heteroatoms. The molecular weight excluding hydrogens is 232 g/mol. The van der Waals surface area contributed by atoms with Crippen molar-refractivity contribution in [2.45, 2.75) is 52.9 Å². The van der Waals surface area contributed by atoms with Crippen molar-refractivity contribution < 1.29 is 14.4 Å². The fourth-order valence-electron chi connectivity index (χ4n) is 2.88. The summed E-state index contributed by atoms with van der Waals surface area (Å²) in [4.78, 5) is 35.5. The Morgan fingerprint density at radius 3 is 1.72 bits per heavy atom. The van der Waals surface area contributed by atoms with Gasteiger partial charge < -0.3 is 0 Å². The Kier molecular flexibility index (Phi) is 4.87. The number of rotatable bonds is 6. The fraction of sp³-hybridized carbons (Fsp3) is 0.769. The van der Waals surface area contributed by atoms with Gasteiger partial charge in [0, 0.05) is 0 Å². The average molecular weight is 254 g/mol. The zero-order valence-corrected chi connectivity index (χ0v) is 11.3. The molecule has 0 aromatic carbocycles. The highest BCUT2D eigenvalue weighted by Crippen LogP contribution is 2.39. The lowest BCUT2D eigenvalue weighted by Crippen LogP contribution is -2.64. The summed E-state index contributed by atoms with van der Waals surface area (Å²) in [5, 5.41) is 4.48. The minimum atomic E-state index is -1.08. The van der Waals surface area contributed by atoms with E-state index in [0.717, 1.165) is 25.7 Å². The molecule has 0 radical (unpaired) electrons. The van der Waals surface area contributed by atoms with E-state index in [9.17, 15) is 14.4 Å². The van der Waals surface area contributed by atoms with Crippen LogP contribution in [0.3, 0.4) is 0 Å². The Hall–Kier alpha value is -1.39. The smallest absolute Gasteiger partial charge is 0.277 e. The van der Waals surface area contributed by atoms with Gasteiger partial charge in [-0.2, -0.15) is 0 Å². The normalized spacial score (nSPS) is 18.8. The maximum atomic E-state index is 12.2. The van der Waals surface area contributed by atoms with Gasteiger partial charge in [-0.1, -0.05) is 33.6 Å². The quantitative estimate of drug-likeness (QED) is 0.711. The number of hydrogen-bond donors (Lipinski definition) is 2. The number of nitrogens with one attached hydrogen (secondary N) is 2. The topological polar surface area (TPSA) is 75.3 Å². The number of barbiturate groups is 1. The van der Waals surface area contributed by atoms with Gasteiger partial charge in [0.25, 0.3) is 0 Å². The molecule has 18 heavy (non-hydrogen) atoms. The van der Waals surface area contributed by atoms with Crippen LogP contribution < -0.4 is 10.6 Å². The lowest BCUT2D eigenvalue weighted by atomic mass is 9.67. The molecule has 0 bridgehead atoms. The second kappa shape index (κ2) is 5.98. The lowest BCUT2D eigenvalue weighted by molar-refractivity contribution is -0.149. The van der Waals surface area contributed by atoms with Gasteiger partial charge in [0.1, 0.15) is 5.41 Å². The van der Waals surface area contributed by atoms with E-state index >= 15 is 0 Å². The van der Waals surface area contributed by atoms with Crippen molar-refractivity contribution in [3.63, 3.8) is 0 Å². The van der Waals surface area contributed by atoms with Crippen LogP contribution in [0.5, 0.6) is 0 Å². The van der Waals surface area contributed by atoms with Gasteiger partial charge in [0.15, 0.2) is 0 Å². The summed E-state index contributed by atoms with van der Waals surface area (Å²) in [5.74, 6) is -0.887. The third-order valence-electron chi connectivity index (χ3n) is 3.79. The second-order valence-corrected chi connectivity index (χ2v) is 4.84. The van der Waals surface area contributed by atoms with E-state index in [2.05, 4.69) is 10.6 Å². The van der Waals surface area contributed by atoms with Crippen molar-refractivity contribution in [3.05, 3.63) is 0 Å². The minimum Gasteiger partial charge on any atom is -0.277 e. The molecule has 0 unspecified atom stereocenters. The molecule has 4 amide bonds. The van der Waals surface area contributed by atoms with Crippen molar-refractivity contribution in [2.75, 3.05) is 0 Å². The summed E-state index contributed by atoms with van der Waals surface area (Å²) >= 11 is 0. The van der Waals surface area contributed by atoms with E-state index < -0.39 is 23.3 Å². The van der Waals surface area contributed by atoms with Gasteiger partial charge >= 0.3 is 6.03 Å². The summed E-state index contributed by atoms with van der Waals surface area (Å²) in [5.41, 5.74) is -1.08. The van der Waals surface area contributed by atoms with Crippen molar-refractivity contribution >= 4 is 17.8 Å². The van der Waals surface area contributed by atoms with Crippen LogP contribution in [0.4, 0.5) is 4.79 Å². The molecule has 1 aliphatic rings. The van der Waals surface area contributed by atoms with Gasteiger partial charge in [0.2, 0.25) is 11.8 Å². The molecule has 1 heterocycles. The van der Waals surface area contributed by atoms with Crippen LogP contribution in [0.15, 0.2) is 0 Å². The largest absolute Gasteiger partial charge is 0.328 e. The molecule has 0 aliphatic carbocycles. The summed E-state index contributed by atoms with van der Waals surface area (Å²) < 4.78 is 0. The van der Waals surface area contributed by atoms with Crippen LogP contribution in [0.1, 0.15) is 52.9 Å². The fourth-order valence-corrected chi connectivity index (χ4v) is 2.88. The summed E-state index contributed by atoms with van der Waals surface area (Å²) in [6, 6.07) is -0.708. The molecule has 2 N–H and O–H groups in total. The Morgan fingerprint density at radius 2 is 1.39 bits per heavy atom. The third-order valence-corrected chi connectivity index (χ3v) is 3.79. The number of urea groups is 1. The predicted octanol–water partition coefficient (Wildman–Crippen LogP) is 1.97. The van der Waals surface area contributed by atoms with E-state index in [-0.39, 0.29) is 5.92 Å². The standard InChI is InChI=1S/C13H22N2O3/c1-4-7-9(8-5-2)13(6-3)10(16)14-12(18)15-11(13)17/h9H,4-8H2,1-3H3,(H2,14,15,16,17,18). The van der Waals surface area contributed by atoms with Gasteiger partial charge in [-0.15, -0.1) is 0 Å². The third kappa shape index (κ3) is 2.40. The molecule has 5 nitrogen and oxygen atoms in total. The molecule has 0 spiro atoms. The first kappa shape index (κ1) is 14.7. The number of imide groups is 2. The van der Waals surface area contributed by atoms with E-state index in [1.807, 2.05) is 20.8 Å². The molecule has 1 rings (SSSR count). The molecular formula is C13H22N2O3. The first-order valence-electron chi connectivity index (χ1n) is 6.69. The summed E-state index contributed by atoms with van der Waals surface area (Å²) in [6.07, 6.45) is 3.89.